The van der Waals surface area contributed by atoms with Crippen molar-refractivity contribution in [2.75, 3.05) is 13.2 Å². The lowest BCUT2D eigenvalue weighted by molar-refractivity contribution is 0.315. The predicted octanol–water partition coefficient (Wildman–Crippen LogP) is 8.86. The van der Waals surface area contributed by atoms with E-state index in [-0.39, 0.29) is 5.75 Å². The Morgan fingerprint density at radius 1 is 0.710 bits per heavy atom. The Morgan fingerprint density at radius 3 is 1.71 bits per heavy atom. The quantitative estimate of drug-likeness (QED) is 0.156. The molecule has 0 saturated heterocycles. The van der Waals surface area contributed by atoms with Gasteiger partial charge in [0.15, 0.2) is 0 Å². The lowest BCUT2D eigenvalue weighted by Gasteiger charge is -2.06. The summed E-state index contributed by atoms with van der Waals surface area (Å²) in [5.41, 5.74) is 0.764. The number of unbranched alkanes of at least 4 members (excludes halogenated alkanes) is 15. The second-order valence-corrected chi connectivity index (χ2v) is 8.91. The number of phenols is 1. The van der Waals surface area contributed by atoms with E-state index in [0.717, 1.165) is 24.9 Å². The molecule has 0 atom stereocenters. The van der Waals surface area contributed by atoms with E-state index in [1.165, 1.54) is 96.3 Å². The molecule has 0 amide bonds. The second-order valence-electron chi connectivity index (χ2n) is 8.91. The maximum absolute atomic E-state index is 10.1. The number of aliphatic imine (C=N–C) groups is 1. The molecule has 3 nitrogen and oxygen atoms in total. The van der Waals surface area contributed by atoms with Gasteiger partial charge in [-0.2, -0.15) is 0 Å². The first-order valence-corrected chi connectivity index (χ1v) is 13.2. The summed E-state index contributed by atoms with van der Waals surface area (Å²) in [6.07, 6.45) is 24.9. The Hall–Kier alpha value is -1.51. The number of aromatic hydroxyl groups is 1. The molecule has 3 heteroatoms. The minimum absolute atomic E-state index is 0.240. The van der Waals surface area contributed by atoms with Crippen LogP contribution in [-0.4, -0.2) is 24.5 Å². The number of hydrogen-bond acceptors (Lipinski definition) is 3. The van der Waals surface area contributed by atoms with E-state index in [4.69, 9.17) is 4.74 Å². The Labute approximate surface area is 192 Å². The minimum Gasteiger partial charge on any atom is -0.507 e. The summed E-state index contributed by atoms with van der Waals surface area (Å²) < 4.78 is 5.53. The SMILES string of the molecule is CCCCCCCCCCCCCCCCCCN=Cc1ccc(OCCC)cc1O. The highest BCUT2D eigenvalue weighted by molar-refractivity contribution is 5.83. The van der Waals surface area contributed by atoms with Gasteiger partial charge in [0.2, 0.25) is 0 Å². The van der Waals surface area contributed by atoms with Gasteiger partial charge in [0, 0.05) is 24.4 Å². The molecule has 31 heavy (non-hydrogen) atoms. The molecule has 1 aromatic rings. The van der Waals surface area contributed by atoms with Crippen molar-refractivity contribution in [3.63, 3.8) is 0 Å². The van der Waals surface area contributed by atoms with Gasteiger partial charge in [0.1, 0.15) is 11.5 Å². The second kappa shape index (κ2) is 20.4. The number of ether oxygens (including phenoxy) is 1. The average molecular weight is 432 g/mol. The van der Waals surface area contributed by atoms with Crippen LogP contribution in [0.5, 0.6) is 11.5 Å². The summed E-state index contributed by atoms with van der Waals surface area (Å²) in [4.78, 5) is 4.47. The van der Waals surface area contributed by atoms with Crippen LogP contribution < -0.4 is 4.74 Å². The molecule has 0 spiro atoms. The highest BCUT2D eigenvalue weighted by Crippen LogP contribution is 2.22. The van der Waals surface area contributed by atoms with Crippen LogP contribution in [0.15, 0.2) is 23.2 Å². The number of rotatable bonds is 21. The van der Waals surface area contributed by atoms with Crippen molar-refractivity contribution in [1.82, 2.24) is 0 Å². The Kier molecular flexibility index (Phi) is 18.1. The van der Waals surface area contributed by atoms with Gasteiger partial charge in [-0.15, -0.1) is 0 Å². The molecule has 0 heterocycles. The van der Waals surface area contributed by atoms with Gasteiger partial charge < -0.3 is 9.84 Å². The summed E-state index contributed by atoms with van der Waals surface area (Å²) in [5.74, 6) is 0.957. The van der Waals surface area contributed by atoms with E-state index in [1.54, 1.807) is 12.3 Å². The molecular weight excluding hydrogens is 382 g/mol. The van der Waals surface area contributed by atoms with Gasteiger partial charge in [-0.3, -0.25) is 4.99 Å². The highest BCUT2D eigenvalue weighted by Gasteiger charge is 2.01. The van der Waals surface area contributed by atoms with Crippen LogP contribution in [0.25, 0.3) is 0 Å². The van der Waals surface area contributed by atoms with E-state index < -0.39 is 0 Å². The number of nitrogens with zero attached hydrogens (tertiary/aromatic N) is 1. The van der Waals surface area contributed by atoms with Crippen LogP contribution in [0.4, 0.5) is 0 Å². The molecule has 0 aliphatic carbocycles. The van der Waals surface area contributed by atoms with Crippen LogP contribution in [0.1, 0.15) is 129 Å². The maximum Gasteiger partial charge on any atom is 0.128 e. The maximum atomic E-state index is 10.1. The summed E-state index contributed by atoms with van der Waals surface area (Å²) in [5, 5.41) is 10.1. The lowest BCUT2D eigenvalue weighted by Crippen LogP contribution is -1.95. The van der Waals surface area contributed by atoms with Crippen molar-refractivity contribution < 1.29 is 9.84 Å². The first-order chi connectivity index (χ1) is 15.3. The standard InChI is InChI=1S/C28H49NO2/c1-3-5-6-7-8-9-10-11-12-13-14-15-16-17-18-19-22-29-25-26-20-21-27(24-28(26)30)31-23-4-2/h20-21,24-25,30H,3-19,22-23H2,1-2H3. The third-order valence-electron chi connectivity index (χ3n) is 5.85. The molecule has 0 radical (unpaired) electrons. The number of hydrogen-bond donors (Lipinski definition) is 1. The molecule has 1 N–H and O–H groups in total. The molecule has 0 aromatic heterocycles. The normalized spacial score (nSPS) is 11.4. The van der Waals surface area contributed by atoms with E-state index >= 15 is 0 Å². The first-order valence-electron chi connectivity index (χ1n) is 13.2. The van der Waals surface area contributed by atoms with Gasteiger partial charge in [-0.05, 0) is 25.0 Å². The van der Waals surface area contributed by atoms with Crippen molar-refractivity contribution in [2.45, 2.75) is 123 Å². The minimum atomic E-state index is 0.240. The van der Waals surface area contributed by atoms with E-state index in [9.17, 15) is 5.11 Å². The van der Waals surface area contributed by atoms with Crippen LogP contribution in [0.2, 0.25) is 0 Å². The molecule has 0 fully saturated rings. The van der Waals surface area contributed by atoms with Crippen LogP contribution in [-0.2, 0) is 0 Å². The zero-order valence-electron chi connectivity index (χ0n) is 20.5. The fourth-order valence-corrected chi connectivity index (χ4v) is 3.86. The summed E-state index contributed by atoms with van der Waals surface area (Å²) >= 11 is 0. The van der Waals surface area contributed by atoms with E-state index in [0.29, 0.717) is 12.4 Å². The third-order valence-corrected chi connectivity index (χ3v) is 5.85. The Bertz CT molecular complexity index is 556. The topological polar surface area (TPSA) is 41.8 Å². The summed E-state index contributed by atoms with van der Waals surface area (Å²) in [6, 6.07) is 5.44. The molecule has 1 aromatic carbocycles. The first kappa shape index (κ1) is 27.5. The molecule has 1 rings (SSSR count). The van der Waals surface area contributed by atoms with Crippen molar-refractivity contribution in [2.24, 2.45) is 4.99 Å². The van der Waals surface area contributed by atoms with Crippen molar-refractivity contribution in [3.05, 3.63) is 23.8 Å². The zero-order chi connectivity index (χ0) is 22.4. The van der Waals surface area contributed by atoms with Gasteiger partial charge >= 0.3 is 0 Å². The smallest absolute Gasteiger partial charge is 0.128 e. The Morgan fingerprint density at radius 2 is 1.23 bits per heavy atom. The summed E-state index contributed by atoms with van der Waals surface area (Å²) in [6.45, 7) is 5.87. The molecular formula is C28H49NO2. The summed E-state index contributed by atoms with van der Waals surface area (Å²) in [7, 11) is 0. The zero-order valence-corrected chi connectivity index (χ0v) is 20.5. The monoisotopic (exact) mass is 431 g/mol. The fourth-order valence-electron chi connectivity index (χ4n) is 3.86. The van der Waals surface area contributed by atoms with Crippen LogP contribution in [0.3, 0.4) is 0 Å². The highest BCUT2D eigenvalue weighted by atomic mass is 16.5. The molecule has 178 valence electrons. The molecule has 0 aliphatic rings. The van der Waals surface area contributed by atoms with Gasteiger partial charge in [-0.25, -0.2) is 0 Å². The van der Waals surface area contributed by atoms with Crippen molar-refractivity contribution in [1.29, 1.82) is 0 Å². The third kappa shape index (κ3) is 15.9. The molecule has 0 aliphatic heterocycles. The molecule has 0 unspecified atom stereocenters. The van der Waals surface area contributed by atoms with Crippen molar-refractivity contribution in [3.8, 4) is 11.5 Å². The van der Waals surface area contributed by atoms with Crippen LogP contribution in [0, 0.1) is 0 Å². The van der Waals surface area contributed by atoms with E-state index in [1.807, 2.05) is 12.1 Å². The fraction of sp³-hybridized carbons (Fsp3) is 0.750. The van der Waals surface area contributed by atoms with Gasteiger partial charge in [0.25, 0.3) is 0 Å². The average Bonchev–Trinajstić information content (AvgIpc) is 2.78. The van der Waals surface area contributed by atoms with Gasteiger partial charge in [-0.1, -0.05) is 110 Å². The largest absolute Gasteiger partial charge is 0.507 e. The molecule has 0 saturated carbocycles. The van der Waals surface area contributed by atoms with E-state index in [2.05, 4.69) is 18.8 Å². The van der Waals surface area contributed by atoms with Gasteiger partial charge in [0.05, 0.1) is 6.61 Å². The number of phenolic OH excluding ortho intramolecular Hbond substituents is 1. The van der Waals surface area contributed by atoms with Crippen molar-refractivity contribution >= 4 is 6.21 Å². The lowest BCUT2D eigenvalue weighted by atomic mass is 10.0. The van der Waals surface area contributed by atoms with Crippen LogP contribution >= 0.6 is 0 Å². The Balaban J connectivity index is 1.89. The molecule has 0 bridgehead atoms. The number of benzene rings is 1. The predicted molar refractivity (Wildman–Crippen MR) is 136 cm³/mol.